The van der Waals surface area contributed by atoms with Crippen LogP contribution in [0.5, 0.6) is 5.75 Å². The molecule has 1 aliphatic heterocycles. The van der Waals surface area contributed by atoms with Crippen molar-refractivity contribution in [1.82, 2.24) is 9.80 Å². The van der Waals surface area contributed by atoms with Crippen LogP contribution >= 0.6 is 0 Å². The lowest BCUT2D eigenvalue weighted by Crippen LogP contribution is -2.51. The molecule has 2 aromatic carbocycles. The number of aromatic hydroxyl groups is 1. The standard InChI is InChI=1S/C23H26N2O3/c1-16-13-19(16)22(27)24-9-11-25(12-10-24)23(28)20-15-18(7-8-21(20)26)14-17-5-3-2-4-6-17/h2-8,15-16,19,26H,9-14H2,1H3/t16-,19+/m0/s1. The van der Waals surface area contributed by atoms with Crippen LogP contribution in [0, 0.1) is 11.8 Å². The van der Waals surface area contributed by atoms with Gasteiger partial charge in [0, 0.05) is 32.1 Å². The number of phenolic OH excluding ortho intramolecular Hbond substituents is 1. The average Bonchev–Trinajstić information content (AvgIpc) is 3.46. The summed E-state index contributed by atoms with van der Waals surface area (Å²) < 4.78 is 0. The van der Waals surface area contributed by atoms with E-state index in [2.05, 4.69) is 6.92 Å². The van der Waals surface area contributed by atoms with Gasteiger partial charge >= 0.3 is 0 Å². The Labute approximate surface area is 165 Å². The first-order chi connectivity index (χ1) is 13.5. The van der Waals surface area contributed by atoms with Crippen LogP contribution in [-0.2, 0) is 11.2 Å². The van der Waals surface area contributed by atoms with Crippen LogP contribution in [0.1, 0.15) is 34.8 Å². The third-order valence-corrected chi connectivity index (χ3v) is 5.85. The molecule has 2 amide bonds. The SMILES string of the molecule is C[C@H]1C[C@H]1C(=O)N1CCN(C(=O)c2cc(Cc3ccccc3)ccc2O)CC1. The number of carbonyl (C=O) groups excluding carboxylic acids is 2. The lowest BCUT2D eigenvalue weighted by atomic mass is 10.0. The van der Waals surface area contributed by atoms with Crippen molar-refractivity contribution >= 4 is 11.8 Å². The van der Waals surface area contributed by atoms with E-state index in [0.29, 0.717) is 44.1 Å². The van der Waals surface area contributed by atoms with Crippen LogP contribution in [0.2, 0.25) is 0 Å². The molecular formula is C23H26N2O3. The summed E-state index contributed by atoms with van der Waals surface area (Å²) in [4.78, 5) is 29.0. The lowest BCUT2D eigenvalue weighted by Gasteiger charge is -2.35. The molecule has 146 valence electrons. The Morgan fingerprint density at radius 2 is 1.61 bits per heavy atom. The normalized spacial score (nSPS) is 21.5. The number of hydrogen-bond donors (Lipinski definition) is 1. The van der Waals surface area contributed by atoms with Crippen molar-refractivity contribution in [3.63, 3.8) is 0 Å². The fraction of sp³-hybridized carbons (Fsp3) is 0.391. The van der Waals surface area contributed by atoms with Crippen molar-refractivity contribution in [2.45, 2.75) is 19.8 Å². The van der Waals surface area contributed by atoms with Gasteiger partial charge < -0.3 is 14.9 Å². The van der Waals surface area contributed by atoms with Crippen molar-refractivity contribution in [2.75, 3.05) is 26.2 Å². The third kappa shape index (κ3) is 3.88. The first-order valence-corrected chi connectivity index (χ1v) is 9.97. The van der Waals surface area contributed by atoms with E-state index in [0.717, 1.165) is 17.5 Å². The van der Waals surface area contributed by atoms with E-state index in [4.69, 9.17) is 0 Å². The summed E-state index contributed by atoms with van der Waals surface area (Å²) in [7, 11) is 0. The smallest absolute Gasteiger partial charge is 0.257 e. The van der Waals surface area contributed by atoms with Crippen molar-refractivity contribution in [3.05, 3.63) is 65.2 Å². The third-order valence-electron chi connectivity index (χ3n) is 5.85. The molecule has 0 spiro atoms. The van der Waals surface area contributed by atoms with Gasteiger partial charge in [-0.25, -0.2) is 0 Å². The zero-order valence-corrected chi connectivity index (χ0v) is 16.2. The lowest BCUT2D eigenvalue weighted by molar-refractivity contribution is -0.134. The zero-order valence-electron chi connectivity index (χ0n) is 16.2. The minimum Gasteiger partial charge on any atom is -0.507 e. The van der Waals surface area contributed by atoms with Crippen molar-refractivity contribution in [2.24, 2.45) is 11.8 Å². The highest BCUT2D eigenvalue weighted by Crippen LogP contribution is 2.39. The molecule has 1 N–H and O–H groups in total. The van der Waals surface area contributed by atoms with Crippen LogP contribution < -0.4 is 0 Å². The van der Waals surface area contributed by atoms with Gasteiger partial charge in [-0.2, -0.15) is 0 Å². The molecule has 2 aliphatic rings. The molecule has 1 aliphatic carbocycles. The monoisotopic (exact) mass is 378 g/mol. The molecule has 2 fully saturated rings. The summed E-state index contributed by atoms with van der Waals surface area (Å²) in [6.07, 6.45) is 1.70. The van der Waals surface area contributed by atoms with E-state index in [1.165, 1.54) is 0 Å². The highest BCUT2D eigenvalue weighted by Gasteiger charge is 2.42. The predicted molar refractivity (Wildman–Crippen MR) is 107 cm³/mol. The van der Waals surface area contributed by atoms with E-state index < -0.39 is 0 Å². The molecule has 0 radical (unpaired) electrons. The fourth-order valence-electron chi connectivity index (χ4n) is 3.90. The Morgan fingerprint density at radius 1 is 0.964 bits per heavy atom. The Hall–Kier alpha value is -2.82. The molecule has 4 rings (SSSR count). The molecule has 0 aromatic heterocycles. The summed E-state index contributed by atoms with van der Waals surface area (Å²) in [5.41, 5.74) is 2.49. The maximum absolute atomic E-state index is 13.0. The molecule has 1 saturated carbocycles. The number of rotatable bonds is 4. The topological polar surface area (TPSA) is 60.9 Å². The molecule has 0 bridgehead atoms. The largest absolute Gasteiger partial charge is 0.507 e. The molecule has 0 unspecified atom stereocenters. The highest BCUT2D eigenvalue weighted by molar-refractivity contribution is 5.97. The second-order valence-electron chi connectivity index (χ2n) is 7.95. The second kappa shape index (κ2) is 7.66. The van der Waals surface area contributed by atoms with Crippen molar-refractivity contribution in [1.29, 1.82) is 0 Å². The Balaban J connectivity index is 1.42. The van der Waals surface area contributed by atoms with Gasteiger partial charge in [-0.1, -0.05) is 43.3 Å². The summed E-state index contributed by atoms with van der Waals surface area (Å²) in [5, 5.41) is 10.2. The summed E-state index contributed by atoms with van der Waals surface area (Å²) >= 11 is 0. The number of phenols is 1. The highest BCUT2D eigenvalue weighted by atomic mass is 16.3. The number of hydrogen-bond acceptors (Lipinski definition) is 3. The number of amides is 2. The molecular weight excluding hydrogens is 352 g/mol. The Kier molecular flexibility index (Phi) is 5.07. The Bertz CT molecular complexity index is 873. The maximum atomic E-state index is 13.0. The second-order valence-corrected chi connectivity index (χ2v) is 7.95. The zero-order chi connectivity index (χ0) is 19.7. The molecule has 1 heterocycles. The van der Waals surface area contributed by atoms with Gasteiger partial charge in [0.25, 0.3) is 5.91 Å². The summed E-state index contributed by atoms with van der Waals surface area (Å²) in [6, 6.07) is 15.3. The Morgan fingerprint density at radius 3 is 2.25 bits per heavy atom. The van der Waals surface area contributed by atoms with Gasteiger partial charge in [0.2, 0.25) is 5.91 Å². The van der Waals surface area contributed by atoms with Gasteiger partial charge in [0.05, 0.1) is 5.56 Å². The number of piperazine rings is 1. The molecule has 2 atom stereocenters. The van der Waals surface area contributed by atoms with Gasteiger partial charge in [-0.3, -0.25) is 9.59 Å². The first-order valence-electron chi connectivity index (χ1n) is 9.97. The number of benzene rings is 2. The van der Waals surface area contributed by atoms with Crippen molar-refractivity contribution in [3.8, 4) is 5.75 Å². The van der Waals surface area contributed by atoms with Gasteiger partial charge in [-0.05, 0) is 42.0 Å². The first kappa shape index (κ1) is 18.5. The summed E-state index contributed by atoms with van der Waals surface area (Å²) in [5.74, 6) is 0.746. The van der Waals surface area contributed by atoms with E-state index in [-0.39, 0.29) is 23.5 Å². The minimum absolute atomic E-state index is 0.00660. The molecule has 5 heteroatoms. The van der Waals surface area contributed by atoms with Gasteiger partial charge in [0.15, 0.2) is 0 Å². The van der Waals surface area contributed by atoms with Crippen LogP contribution in [-0.4, -0.2) is 52.9 Å². The van der Waals surface area contributed by atoms with E-state index in [1.807, 2.05) is 41.3 Å². The van der Waals surface area contributed by atoms with Crippen LogP contribution in [0.15, 0.2) is 48.5 Å². The van der Waals surface area contributed by atoms with Gasteiger partial charge in [0.1, 0.15) is 5.75 Å². The quantitative estimate of drug-likeness (QED) is 0.890. The van der Waals surface area contributed by atoms with Gasteiger partial charge in [-0.15, -0.1) is 0 Å². The fourth-order valence-corrected chi connectivity index (χ4v) is 3.90. The van der Waals surface area contributed by atoms with E-state index >= 15 is 0 Å². The van der Waals surface area contributed by atoms with Crippen molar-refractivity contribution < 1.29 is 14.7 Å². The van der Waals surface area contributed by atoms with Crippen LogP contribution in [0.25, 0.3) is 0 Å². The minimum atomic E-state index is -0.167. The summed E-state index contributed by atoms with van der Waals surface area (Å²) in [6.45, 7) is 4.26. The molecule has 1 saturated heterocycles. The van der Waals surface area contributed by atoms with Crippen LogP contribution in [0.4, 0.5) is 0 Å². The van der Waals surface area contributed by atoms with E-state index in [9.17, 15) is 14.7 Å². The maximum Gasteiger partial charge on any atom is 0.257 e. The number of carbonyl (C=O) groups is 2. The molecule has 2 aromatic rings. The predicted octanol–water partition coefficient (Wildman–Crippen LogP) is 2.92. The average molecular weight is 378 g/mol. The van der Waals surface area contributed by atoms with E-state index in [1.54, 1.807) is 17.0 Å². The molecule has 5 nitrogen and oxygen atoms in total. The van der Waals surface area contributed by atoms with Crippen LogP contribution in [0.3, 0.4) is 0 Å². The number of nitrogens with zero attached hydrogens (tertiary/aromatic N) is 2. The molecule has 28 heavy (non-hydrogen) atoms.